The van der Waals surface area contributed by atoms with Crippen molar-refractivity contribution in [2.75, 3.05) is 26.2 Å². The number of hydrogen-bond donors (Lipinski definition) is 1. The number of likely N-dealkylation sites (tertiary alicyclic amines) is 1. The van der Waals surface area contributed by atoms with Gasteiger partial charge in [0.1, 0.15) is 5.56 Å². The van der Waals surface area contributed by atoms with Gasteiger partial charge in [0.05, 0.1) is 12.8 Å². The average molecular weight is 292 g/mol. The molecule has 0 unspecified atom stereocenters. The summed E-state index contributed by atoms with van der Waals surface area (Å²) in [5.41, 5.74) is 0.493. The second-order valence-corrected chi connectivity index (χ2v) is 5.38. The first kappa shape index (κ1) is 13.9. The van der Waals surface area contributed by atoms with Gasteiger partial charge in [-0.2, -0.15) is 5.10 Å². The third kappa shape index (κ3) is 3.01. The largest absolute Gasteiger partial charge is 0.477 e. The maximum absolute atomic E-state index is 12.1. The molecule has 0 aliphatic carbocycles. The van der Waals surface area contributed by atoms with Crippen molar-refractivity contribution in [2.24, 2.45) is 0 Å². The third-order valence-corrected chi connectivity index (χ3v) is 3.85. The molecule has 2 amide bonds. The minimum Gasteiger partial charge on any atom is -0.477 e. The number of ether oxygens (including phenoxy) is 1. The highest BCUT2D eigenvalue weighted by Crippen LogP contribution is 2.21. The molecule has 1 N–H and O–H groups in total. The molecular formula is C14H20N4O3. The lowest BCUT2D eigenvalue weighted by molar-refractivity contribution is -0.127. The van der Waals surface area contributed by atoms with E-state index in [-0.39, 0.29) is 11.8 Å². The molecule has 21 heavy (non-hydrogen) atoms. The van der Waals surface area contributed by atoms with E-state index in [9.17, 15) is 9.59 Å². The number of carbonyl (C=O) groups excluding carboxylic acids is 2. The van der Waals surface area contributed by atoms with Gasteiger partial charge in [-0.25, -0.2) is 4.68 Å². The predicted molar refractivity (Wildman–Crippen MR) is 75.1 cm³/mol. The van der Waals surface area contributed by atoms with Crippen LogP contribution >= 0.6 is 0 Å². The van der Waals surface area contributed by atoms with E-state index in [0.717, 1.165) is 32.4 Å². The number of nitrogens with one attached hydrogen (secondary N) is 1. The van der Waals surface area contributed by atoms with E-state index in [1.807, 2.05) is 4.90 Å². The zero-order valence-electron chi connectivity index (χ0n) is 12.0. The van der Waals surface area contributed by atoms with Crippen LogP contribution in [0.3, 0.4) is 0 Å². The minimum atomic E-state index is -0.161. The number of rotatable bonds is 5. The molecular weight excluding hydrogens is 272 g/mol. The molecule has 1 aromatic rings. The molecule has 1 aromatic heterocycles. The normalized spacial score (nSPS) is 17.5. The Morgan fingerprint density at radius 1 is 1.38 bits per heavy atom. The van der Waals surface area contributed by atoms with Gasteiger partial charge in [0, 0.05) is 39.0 Å². The van der Waals surface area contributed by atoms with Crippen LogP contribution in [0.4, 0.5) is 0 Å². The van der Waals surface area contributed by atoms with Gasteiger partial charge < -0.3 is 15.0 Å². The summed E-state index contributed by atoms with van der Waals surface area (Å²) in [4.78, 5) is 25.4. The Kier molecular flexibility index (Phi) is 4.08. The smallest absolute Gasteiger partial charge is 0.258 e. The number of aryl methyl sites for hydroxylation is 1. The van der Waals surface area contributed by atoms with E-state index < -0.39 is 0 Å². The lowest BCUT2D eigenvalue weighted by atomic mass is 10.3. The van der Waals surface area contributed by atoms with Crippen molar-refractivity contribution in [3.8, 4) is 5.88 Å². The van der Waals surface area contributed by atoms with Crippen LogP contribution in [0.25, 0.3) is 0 Å². The minimum absolute atomic E-state index is 0.161. The highest BCUT2D eigenvalue weighted by atomic mass is 16.5. The predicted octanol–water partition coefficient (Wildman–Crippen LogP) is 0.408. The first-order valence-corrected chi connectivity index (χ1v) is 7.50. The topological polar surface area (TPSA) is 76.5 Å². The number of carbonyl (C=O) groups is 2. The second-order valence-electron chi connectivity index (χ2n) is 5.38. The zero-order chi connectivity index (χ0) is 14.7. The molecule has 3 heterocycles. The molecule has 114 valence electrons. The number of aromatic nitrogens is 2. The molecule has 2 aliphatic rings. The van der Waals surface area contributed by atoms with Crippen molar-refractivity contribution >= 4 is 11.8 Å². The molecule has 0 aromatic carbocycles. The van der Waals surface area contributed by atoms with Crippen LogP contribution in [-0.4, -0.2) is 52.7 Å². The van der Waals surface area contributed by atoms with Crippen LogP contribution in [0.5, 0.6) is 5.88 Å². The fourth-order valence-electron chi connectivity index (χ4n) is 2.73. The third-order valence-electron chi connectivity index (χ3n) is 3.85. The van der Waals surface area contributed by atoms with E-state index in [2.05, 4.69) is 10.4 Å². The Hall–Kier alpha value is -2.05. The highest BCUT2D eigenvalue weighted by Gasteiger charge is 2.22. The molecule has 7 heteroatoms. The Morgan fingerprint density at radius 2 is 2.29 bits per heavy atom. The molecule has 1 fully saturated rings. The van der Waals surface area contributed by atoms with Crippen LogP contribution in [0, 0.1) is 0 Å². The van der Waals surface area contributed by atoms with E-state index in [0.29, 0.717) is 37.6 Å². The summed E-state index contributed by atoms with van der Waals surface area (Å²) in [6, 6.07) is 0. The lowest BCUT2D eigenvalue weighted by Gasteiger charge is -2.16. The Labute approximate surface area is 123 Å². The van der Waals surface area contributed by atoms with Crippen LogP contribution in [-0.2, 0) is 11.3 Å². The van der Waals surface area contributed by atoms with E-state index in [1.54, 1.807) is 10.9 Å². The van der Waals surface area contributed by atoms with Crippen molar-refractivity contribution in [3.63, 3.8) is 0 Å². The molecule has 0 saturated carbocycles. The molecule has 1 saturated heterocycles. The molecule has 0 bridgehead atoms. The van der Waals surface area contributed by atoms with Crippen molar-refractivity contribution in [1.29, 1.82) is 0 Å². The highest BCUT2D eigenvalue weighted by molar-refractivity contribution is 5.96. The van der Waals surface area contributed by atoms with E-state index in [1.165, 1.54) is 0 Å². The Morgan fingerprint density at radius 3 is 3.10 bits per heavy atom. The van der Waals surface area contributed by atoms with Gasteiger partial charge in [0.2, 0.25) is 11.8 Å². The number of nitrogens with zero attached hydrogens (tertiary/aromatic N) is 3. The van der Waals surface area contributed by atoms with Crippen molar-refractivity contribution < 1.29 is 14.3 Å². The summed E-state index contributed by atoms with van der Waals surface area (Å²) in [6.45, 7) is 3.52. The monoisotopic (exact) mass is 292 g/mol. The molecule has 0 radical (unpaired) electrons. The van der Waals surface area contributed by atoms with Crippen molar-refractivity contribution in [1.82, 2.24) is 20.0 Å². The Bertz CT molecular complexity index is 540. The first-order valence-electron chi connectivity index (χ1n) is 7.50. The van der Waals surface area contributed by atoms with Crippen LogP contribution < -0.4 is 10.1 Å². The Balaban J connectivity index is 1.46. The number of hydrogen-bond acceptors (Lipinski definition) is 4. The summed E-state index contributed by atoms with van der Waals surface area (Å²) in [6.07, 6.45) is 4.85. The average Bonchev–Trinajstić information content (AvgIpc) is 3.10. The van der Waals surface area contributed by atoms with Crippen molar-refractivity contribution in [3.05, 3.63) is 11.8 Å². The summed E-state index contributed by atoms with van der Waals surface area (Å²) in [5, 5.41) is 7.02. The zero-order valence-corrected chi connectivity index (χ0v) is 12.0. The van der Waals surface area contributed by atoms with Gasteiger partial charge in [-0.05, 0) is 12.8 Å². The van der Waals surface area contributed by atoms with Gasteiger partial charge in [-0.3, -0.25) is 9.59 Å². The van der Waals surface area contributed by atoms with E-state index >= 15 is 0 Å². The van der Waals surface area contributed by atoms with Crippen LogP contribution in [0.15, 0.2) is 6.20 Å². The maximum atomic E-state index is 12.1. The summed E-state index contributed by atoms with van der Waals surface area (Å²) in [7, 11) is 0. The summed E-state index contributed by atoms with van der Waals surface area (Å²) < 4.78 is 7.23. The van der Waals surface area contributed by atoms with Gasteiger partial charge >= 0.3 is 0 Å². The van der Waals surface area contributed by atoms with Gasteiger partial charge in [0.15, 0.2) is 0 Å². The number of amides is 2. The standard InChI is InChI=1S/C14H20N4O3/c19-12-4-1-6-17(12)7-2-5-15-13(20)11-10-16-18-8-3-9-21-14(11)18/h10H,1-9H2,(H,15,20). The molecule has 2 aliphatic heterocycles. The summed E-state index contributed by atoms with van der Waals surface area (Å²) >= 11 is 0. The van der Waals surface area contributed by atoms with Gasteiger partial charge in [-0.15, -0.1) is 0 Å². The van der Waals surface area contributed by atoms with Crippen molar-refractivity contribution in [2.45, 2.75) is 32.2 Å². The van der Waals surface area contributed by atoms with Crippen LogP contribution in [0.2, 0.25) is 0 Å². The fraction of sp³-hybridized carbons (Fsp3) is 0.643. The molecule has 0 atom stereocenters. The van der Waals surface area contributed by atoms with Gasteiger partial charge in [-0.1, -0.05) is 0 Å². The molecule has 3 rings (SSSR count). The maximum Gasteiger partial charge on any atom is 0.258 e. The van der Waals surface area contributed by atoms with Crippen LogP contribution in [0.1, 0.15) is 36.0 Å². The lowest BCUT2D eigenvalue weighted by Crippen LogP contribution is -2.30. The fourth-order valence-corrected chi connectivity index (χ4v) is 2.73. The molecule has 7 nitrogen and oxygen atoms in total. The van der Waals surface area contributed by atoms with Gasteiger partial charge in [0.25, 0.3) is 5.91 Å². The van der Waals surface area contributed by atoms with E-state index in [4.69, 9.17) is 4.74 Å². The second kappa shape index (κ2) is 6.15. The summed E-state index contributed by atoms with van der Waals surface area (Å²) in [5.74, 6) is 0.625. The SMILES string of the molecule is O=C(NCCCN1CCCC1=O)c1cnn2c1OCCC2. The molecule has 0 spiro atoms. The number of fused-ring (bicyclic) bond motifs is 1. The quantitative estimate of drug-likeness (QED) is 0.797. The first-order chi connectivity index (χ1) is 10.3.